The van der Waals surface area contributed by atoms with Gasteiger partial charge in [-0.3, -0.25) is 9.78 Å². The Morgan fingerprint density at radius 1 is 0.575 bits per heavy atom. The van der Waals surface area contributed by atoms with Crippen molar-refractivity contribution in [2.75, 3.05) is 5.32 Å². The molecule has 0 radical (unpaired) electrons. The fraction of sp³-hybridized carbons (Fsp3) is 0.625. The third-order valence-corrected chi connectivity index (χ3v) is 4.95. The van der Waals surface area contributed by atoms with Gasteiger partial charge in [-0.25, -0.2) is 0 Å². The van der Waals surface area contributed by atoms with Crippen molar-refractivity contribution >= 4 is 23.2 Å². The standard InChI is InChI=1S/C16H5ClF20N2O/c17-16(36,37)15(34,35)14(32,33)13(30,31)12(28,29)11(26,27)10(24,25)9(22,23)8(20,21)7(18,19)6(40)39-5-2-1-3-38-4-5/h1-4H,(H,39,40). The van der Waals surface area contributed by atoms with Gasteiger partial charge in [-0.1, -0.05) is 0 Å². The number of rotatable bonds is 11. The molecule has 1 heterocycles. The van der Waals surface area contributed by atoms with Crippen molar-refractivity contribution in [2.24, 2.45) is 0 Å². The summed E-state index contributed by atoms with van der Waals surface area (Å²) in [7, 11) is 0. The number of anilines is 1. The molecular formula is C16H5ClF20N2O. The highest BCUT2D eigenvalue weighted by molar-refractivity contribution is 6.22. The number of amides is 1. The lowest BCUT2D eigenvalue weighted by Gasteiger charge is -2.44. The molecule has 0 spiro atoms. The predicted octanol–water partition coefficient (Wildman–Crippen LogP) is 7.57. The Morgan fingerprint density at radius 2 is 0.900 bits per heavy atom. The molecule has 24 heteroatoms. The molecule has 0 saturated heterocycles. The topological polar surface area (TPSA) is 42.0 Å². The van der Waals surface area contributed by atoms with Gasteiger partial charge in [0.2, 0.25) is 0 Å². The number of carbonyl (C=O) groups excluding carboxylic acids is 1. The van der Waals surface area contributed by atoms with E-state index in [-0.39, 0.29) is 0 Å². The summed E-state index contributed by atoms with van der Waals surface area (Å²) in [6.45, 7) is 0. The van der Waals surface area contributed by atoms with Crippen LogP contribution in [0.25, 0.3) is 0 Å². The lowest BCUT2D eigenvalue weighted by atomic mass is 9.86. The fourth-order valence-corrected chi connectivity index (χ4v) is 2.47. The minimum absolute atomic E-state index is 0.302. The van der Waals surface area contributed by atoms with Crippen LogP contribution in [0.15, 0.2) is 24.5 Å². The summed E-state index contributed by atoms with van der Waals surface area (Å²) in [5, 5.41) is -6.45. The minimum atomic E-state index is -9.19. The largest absolute Gasteiger partial charge is 0.393 e. The number of aromatic nitrogens is 1. The van der Waals surface area contributed by atoms with E-state index in [1.54, 1.807) is 0 Å². The Balaban J connectivity index is 3.72. The van der Waals surface area contributed by atoms with Gasteiger partial charge in [0.05, 0.1) is 11.9 Å². The zero-order chi connectivity index (χ0) is 32.4. The zero-order valence-corrected chi connectivity index (χ0v) is 18.4. The third-order valence-electron chi connectivity index (χ3n) is 4.72. The molecule has 0 aliphatic heterocycles. The molecule has 0 atom stereocenters. The van der Waals surface area contributed by atoms with Crippen LogP contribution in [0.5, 0.6) is 0 Å². The summed E-state index contributed by atoms with van der Waals surface area (Å²) in [5.41, 5.74) is -1.10. The highest BCUT2D eigenvalue weighted by atomic mass is 35.5. The molecule has 1 aromatic heterocycles. The van der Waals surface area contributed by atoms with Gasteiger partial charge in [0.25, 0.3) is 0 Å². The molecule has 1 rings (SSSR count). The normalized spacial score (nSPS) is 15.7. The monoisotopic (exact) mass is 656 g/mol. The number of alkyl halides is 21. The number of hydrogen-bond acceptors (Lipinski definition) is 2. The van der Waals surface area contributed by atoms with Crippen LogP contribution in [0.3, 0.4) is 0 Å². The minimum Gasteiger partial charge on any atom is -0.319 e. The quantitative estimate of drug-likeness (QED) is 0.197. The average molecular weight is 657 g/mol. The van der Waals surface area contributed by atoms with Crippen LogP contribution in [-0.4, -0.2) is 69.6 Å². The highest BCUT2D eigenvalue weighted by Gasteiger charge is 2.98. The van der Waals surface area contributed by atoms with Gasteiger partial charge >= 0.3 is 64.6 Å². The van der Waals surface area contributed by atoms with Crippen LogP contribution in [0.4, 0.5) is 93.5 Å². The van der Waals surface area contributed by atoms with Crippen LogP contribution in [0.2, 0.25) is 0 Å². The van der Waals surface area contributed by atoms with Gasteiger partial charge in [0.1, 0.15) is 0 Å². The Hall–Kier alpha value is -2.49. The van der Waals surface area contributed by atoms with E-state index in [1.807, 2.05) is 0 Å². The van der Waals surface area contributed by atoms with E-state index >= 15 is 0 Å². The van der Waals surface area contributed by atoms with Crippen molar-refractivity contribution in [2.45, 2.75) is 58.7 Å². The van der Waals surface area contributed by atoms with Crippen LogP contribution < -0.4 is 5.32 Å². The molecule has 40 heavy (non-hydrogen) atoms. The smallest absolute Gasteiger partial charge is 0.319 e. The summed E-state index contributed by atoms with van der Waals surface area (Å²) in [6.07, 6.45) is 1.11. The van der Waals surface area contributed by atoms with Crippen LogP contribution in [0, 0.1) is 0 Å². The molecule has 1 aromatic rings. The first-order valence-corrected chi connectivity index (χ1v) is 9.31. The number of nitrogens with one attached hydrogen (secondary N) is 1. The van der Waals surface area contributed by atoms with Gasteiger partial charge in [-0.05, 0) is 23.7 Å². The molecule has 0 saturated carbocycles. The van der Waals surface area contributed by atoms with Gasteiger partial charge in [0, 0.05) is 6.20 Å². The Labute approximate surface area is 210 Å². The first-order chi connectivity index (χ1) is 17.2. The second kappa shape index (κ2) is 9.53. The number of hydrogen-bond donors (Lipinski definition) is 1. The molecule has 0 aliphatic carbocycles. The fourth-order valence-electron chi connectivity index (χ4n) is 2.35. The highest BCUT2D eigenvalue weighted by Crippen LogP contribution is 2.66. The van der Waals surface area contributed by atoms with Gasteiger partial charge < -0.3 is 5.32 Å². The van der Waals surface area contributed by atoms with Crippen molar-refractivity contribution in [3.63, 3.8) is 0 Å². The lowest BCUT2D eigenvalue weighted by molar-refractivity contribution is -0.464. The molecule has 0 aromatic carbocycles. The Morgan fingerprint density at radius 3 is 1.20 bits per heavy atom. The molecular weight excluding hydrogens is 652 g/mol. The maximum absolute atomic E-state index is 13.8. The molecule has 0 aliphatic rings. The van der Waals surface area contributed by atoms with Crippen molar-refractivity contribution in [1.29, 1.82) is 0 Å². The van der Waals surface area contributed by atoms with Crippen LogP contribution >= 0.6 is 11.6 Å². The summed E-state index contributed by atoms with van der Waals surface area (Å²) < 4.78 is 269. The summed E-state index contributed by atoms with van der Waals surface area (Å²) in [6, 6.07) is 1.22. The van der Waals surface area contributed by atoms with Crippen LogP contribution in [-0.2, 0) is 4.79 Å². The molecule has 1 N–H and O–H groups in total. The van der Waals surface area contributed by atoms with Crippen molar-refractivity contribution in [1.82, 2.24) is 4.98 Å². The maximum atomic E-state index is 13.8. The van der Waals surface area contributed by atoms with Crippen molar-refractivity contribution in [3.05, 3.63) is 24.5 Å². The van der Waals surface area contributed by atoms with Gasteiger partial charge in [0.15, 0.2) is 0 Å². The summed E-state index contributed by atoms with van der Waals surface area (Å²) in [5.74, 6) is -81.4. The molecule has 0 bridgehead atoms. The van der Waals surface area contributed by atoms with E-state index in [0.29, 0.717) is 17.6 Å². The zero-order valence-electron chi connectivity index (χ0n) is 17.6. The van der Waals surface area contributed by atoms with Crippen LogP contribution in [0.1, 0.15) is 0 Å². The molecule has 3 nitrogen and oxygen atoms in total. The Kier molecular flexibility index (Phi) is 8.47. The SMILES string of the molecule is O=C(Nc1cccnc1)C(F)(F)C(F)(F)C(F)(F)C(F)(F)C(F)(F)C(F)(F)C(F)(F)C(F)(F)C(F)(F)C(F)(F)Cl. The summed E-state index contributed by atoms with van der Waals surface area (Å²) >= 11 is 3.32. The van der Waals surface area contributed by atoms with E-state index in [0.717, 1.165) is 12.3 Å². The first-order valence-electron chi connectivity index (χ1n) is 8.93. The molecule has 1 amide bonds. The second-order valence-electron chi connectivity index (χ2n) is 7.36. The van der Waals surface area contributed by atoms with Crippen molar-refractivity contribution in [3.8, 4) is 0 Å². The number of halogens is 21. The van der Waals surface area contributed by atoms with E-state index in [9.17, 15) is 92.6 Å². The van der Waals surface area contributed by atoms with Gasteiger partial charge in [-0.15, -0.1) is 0 Å². The maximum Gasteiger partial charge on any atom is 0.393 e. The van der Waals surface area contributed by atoms with E-state index in [2.05, 4.69) is 16.6 Å². The number of carbonyl (C=O) groups is 1. The predicted molar refractivity (Wildman–Crippen MR) is 88.2 cm³/mol. The number of nitrogens with zero attached hydrogens (tertiary/aromatic N) is 1. The molecule has 0 fully saturated rings. The lowest BCUT2D eigenvalue weighted by Crippen LogP contribution is -2.77. The van der Waals surface area contributed by atoms with Gasteiger partial charge in [-0.2, -0.15) is 87.8 Å². The Bertz CT molecular complexity index is 1080. The average Bonchev–Trinajstić information content (AvgIpc) is 2.77. The van der Waals surface area contributed by atoms with E-state index in [1.165, 1.54) is 0 Å². The number of pyridine rings is 1. The van der Waals surface area contributed by atoms with E-state index < -0.39 is 70.3 Å². The second-order valence-corrected chi connectivity index (χ2v) is 7.84. The van der Waals surface area contributed by atoms with E-state index in [4.69, 9.17) is 0 Å². The summed E-state index contributed by atoms with van der Waals surface area (Å²) in [4.78, 5) is 14.4. The molecule has 0 unspecified atom stereocenters. The first kappa shape index (κ1) is 35.5. The van der Waals surface area contributed by atoms with Crippen molar-refractivity contribution < 1.29 is 92.6 Å². The third kappa shape index (κ3) is 4.54. The molecule has 232 valence electrons.